The Balaban J connectivity index is 1.91. The minimum atomic E-state index is -0.468. The van der Waals surface area contributed by atoms with Crippen LogP contribution in [0.4, 0.5) is 0 Å². The standard InChI is InChI=1S/C19H21N3O3/c1-3-25-19(24)17-16-13(2)12-15(23)20-18(16)22(21-17)11-7-10-14-8-5-4-6-9-14/h4-6,8-9,12H,3,7,10-11H2,1-2H3,(H,20,23). The molecular weight excluding hydrogens is 318 g/mol. The Morgan fingerprint density at radius 1 is 1.28 bits per heavy atom. The second kappa shape index (κ2) is 7.34. The second-order valence-electron chi connectivity index (χ2n) is 5.92. The van der Waals surface area contributed by atoms with E-state index in [0.717, 1.165) is 18.4 Å². The van der Waals surface area contributed by atoms with E-state index in [4.69, 9.17) is 4.74 Å². The summed E-state index contributed by atoms with van der Waals surface area (Å²) in [6.45, 7) is 4.44. The largest absolute Gasteiger partial charge is 0.461 e. The van der Waals surface area contributed by atoms with E-state index >= 15 is 0 Å². The van der Waals surface area contributed by atoms with Crippen LogP contribution in [0.1, 0.15) is 35.0 Å². The van der Waals surface area contributed by atoms with Gasteiger partial charge in [0.25, 0.3) is 0 Å². The van der Waals surface area contributed by atoms with Crippen molar-refractivity contribution < 1.29 is 9.53 Å². The zero-order chi connectivity index (χ0) is 17.8. The Hall–Kier alpha value is -2.89. The number of aromatic nitrogens is 3. The normalized spacial score (nSPS) is 11.0. The summed E-state index contributed by atoms with van der Waals surface area (Å²) >= 11 is 0. The molecule has 0 aliphatic rings. The van der Waals surface area contributed by atoms with Crippen molar-refractivity contribution in [2.45, 2.75) is 33.2 Å². The van der Waals surface area contributed by atoms with E-state index in [-0.39, 0.29) is 17.9 Å². The molecule has 3 rings (SSSR count). The zero-order valence-corrected chi connectivity index (χ0v) is 14.4. The van der Waals surface area contributed by atoms with Crippen molar-refractivity contribution in [3.05, 3.63) is 63.6 Å². The fourth-order valence-electron chi connectivity index (χ4n) is 2.97. The SMILES string of the molecule is CCOC(=O)c1nn(CCCc2ccccc2)c2[nH]c(=O)cc(C)c12. The highest BCUT2D eigenvalue weighted by Gasteiger charge is 2.20. The summed E-state index contributed by atoms with van der Waals surface area (Å²) in [6.07, 6.45) is 1.74. The fourth-order valence-corrected chi connectivity index (χ4v) is 2.97. The smallest absolute Gasteiger partial charge is 0.359 e. The van der Waals surface area contributed by atoms with Crippen molar-refractivity contribution in [3.63, 3.8) is 0 Å². The van der Waals surface area contributed by atoms with E-state index in [0.29, 0.717) is 17.6 Å². The van der Waals surface area contributed by atoms with Crippen LogP contribution in [-0.2, 0) is 17.7 Å². The number of benzene rings is 1. The average Bonchev–Trinajstić information content (AvgIpc) is 2.95. The van der Waals surface area contributed by atoms with Gasteiger partial charge in [0.15, 0.2) is 5.69 Å². The topological polar surface area (TPSA) is 77.0 Å². The first-order chi connectivity index (χ1) is 12.1. The molecule has 3 aromatic rings. The van der Waals surface area contributed by atoms with Gasteiger partial charge in [-0.1, -0.05) is 30.3 Å². The van der Waals surface area contributed by atoms with E-state index in [9.17, 15) is 9.59 Å². The summed E-state index contributed by atoms with van der Waals surface area (Å²) in [4.78, 5) is 26.9. The first-order valence-corrected chi connectivity index (χ1v) is 8.41. The summed E-state index contributed by atoms with van der Waals surface area (Å²) in [5.74, 6) is -0.468. The summed E-state index contributed by atoms with van der Waals surface area (Å²) in [6, 6.07) is 11.6. The summed E-state index contributed by atoms with van der Waals surface area (Å²) in [5, 5.41) is 5.06. The van der Waals surface area contributed by atoms with E-state index in [1.54, 1.807) is 18.5 Å². The number of carbonyl (C=O) groups is 1. The highest BCUT2D eigenvalue weighted by Crippen LogP contribution is 2.21. The number of rotatable bonds is 6. The lowest BCUT2D eigenvalue weighted by Crippen LogP contribution is -2.09. The zero-order valence-electron chi connectivity index (χ0n) is 14.4. The van der Waals surface area contributed by atoms with Crippen molar-refractivity contribution in [1.82, 2.24) is 14.8 Å². The number of nitrogens with one attached hydrogen (secondary N) is 1. The Labute approximate surface area is 145 Å². The number of ether oxygens (including phenoxy) is 1. The van der Waals surface area contributed by atoms with Crippen LogP contribution in [0.25, 0.3) is 11.0 Å². The van der Waals surface area contributed by atoms with Crippen molar-refractivity contribution in [3.8, 4) is 0 Å². The highest BCUT2D eigenvalue weighted by molar-refractivity contribution is 6.02. The van der Waals surface area contributed by atoms with E-state index in [1.165, 1.54) is 11.6 Å². The maximum atomic E-state index is 12.2. The van der Waals surface area contributed by atoms with Gasteiger partial charge < -0.3 is 9.72 Å². The van der Waals surface area contributed by atoms with Gasteiger partial charge in [-0.05, 0) is 37.8 Å². The Kier molecular flexibility index (Phi) is 4.97. The second-order valence-corrected chi connectivity index (χ2v) is 5.92. The summed E-state index contributed by atoms with van der Waals surface area (Å²) < 4.78 is 6.79. The molecule has 0 saturated heterocycles. The molecule has 6 nitrogen and oxygen atoms in total. The average molecular weight is 339 g/mol. The first kappa shape index (κ1) is 17.0. The van der Waals surface area contributed by atoms with Crippen molar-refractivity contribution in [1.29, 1.82) is 0 Å². The van der Waals surface area contributed by atoms with Crippen molar-refractivity contribution in [2.75, 3.05) is 6.61 Å². The molecule has 2 aromatic heterocycles. The third-order valence-corrected chi connectivity index (χ3v) is 4.08. The maximum absolute atomic E-state index is 12.2. The number of esters is 1. The number of H-pyrrole nitrogens is 1. The predicted octanol–water partition coefficient (Wildman–Crippen LogP) is 2.84. The van der Waals surface area contributed by atoms with Crippen LogP contribution < -0.4 is 5.56 Å². The van der Waals surface area contributed by atoms with Gasteiger partial charge in [0.1, 0.15) is 5.65 Å². The predicted molar refractivity (Wildman–Crippen MR) is 95.8 cm³/mol. The van der Waals surface area contributed by atoms with E-state index in [1.807, 2.05) is 18.2 Å². The number of nitrogens with zero attached hydrogens (tertiary/aromatic N) is 2. The van der Waals surface area contributed by atoms with Gasteiger partial charge in [0.2, 0.25) is 5.56 Å². The molecular formula is C19H21N3O3. The molecule has 0 unspecified atom stereocenters. The van der Waals surface area contributed by atoms with Crippen LogP contribution in [0.2, 0.25) is 0 Å². The van der Waals surface area contributed by atoms with Crippen LogP contribution in [-0.4, -0.2) is 27.3 Å². The van der Waals surface area contributed by atoms with E-state index in [2.05, 4.69) is 22.2 Å². The maximum Gasteiger partial charge on any atom is 0.359 e. The molecule has 6 heteroatoms. The molecule has 130 valence electrons. The first-order valence-electron chi connectivity index (χ1n) is 8.41. The van der Waals surface area contributed by atoms with Gasteiger partial charge >= 0.3 is 5.97 Å². The fraction of sp³-hybridized carbons (Fsp3) is 0.316. The quantitative estimate of drug-likeness (QED) is 0.701. The Bertz CT molecular complexity index is 942. The molecule has 25 heavy (non-hydrogen) atoms. The summed E-state index contributed by atoms with van der Waals surface area (Å²) in [5.41, 5.74) is 2.58. The molecule has 0 radical (unpaired) electrons. The molecule has 0 spiro atoms. The lowest BCUT2D eigenvalue weighted by Gasteiger charge is -2.04. The number of fused-ring (bicyclic) bond motifs is 1. The van der Waals surface area contributed by atoms with Gasteiger partial charge in [-0.15, -0.1) is 0 Å². The number of hydrogen-bond donors (Lipinski definition) is 1. The van der Waals surface area contributed by atoms with Crippen molar-refractivity contribution in [2.24, 2.45) is 0 Å². The molecule has 1 N–H and O–H groups in total. The minimum absolute atomic E-state index is 0.204. The molecule has 0 aliphatic heterocycles. The van der Waals surface area contributed by atoms with Crippen LogP contribution in [0.5, 0.6) is 0 Å². The highest BCUT2D eigenvalue weighted by atomic mass is 16.5. The third-order valence-electron chi connectivity index (χ3n) is 4.08. The third kappa shape index (κ3) is 3.63. The Morgan fingerprint density at radius 2 is 2.04 bits per heavy atom. The van der Waals surface area contributed by atoms with Gasteiger partial charge in [-0.25, -0.2) is 9.48 Å². The molecule has 0 amide bonds. The van der Waals surface area contributed by atoms with Gasteiger partial charge in [0.05, 0.1) is 12.0 Å². The molecule has 0 bridgehead atoms. The minimum Gasteiger partial charge on any atom is -0.461 e. The molecule has 2 heterocycles. The molecule has 0 saturated carbocycles. The number of pyridine rings is 1. The van der Waals surface area contributed by atoms with Gasteiger partial charge in [-0.3, -0.25) is 4.79 Å². The number of aryl methyl sites for hydroxylation is 3. The number of hydrogen-bond acceptors (Lipinski definition) is 4. The number of carbonyl (C=O) groups excluding carboxylic acids is 1. The number of aromatic amines is 1. The molecule has 1 aromatic carbocycles. The van der Waals surface area contributed by atoms with Crippen LogP contribution in [0.15, 0.2) is 41.2 Å². The van der Waals surface area contributed by atoms with Crippen molar-refractivity contribution >= 4 is 17.0 Å². The van der Waals surface area contributed by atoms with E-state index < -0.39 is 5.97 Å². The lowest BCUT2D eigenvalue weighted by atomic mass is 10.1. The van der Waals surface area contributed by atoms with Gasteiger partial charge in [0, 0.05) is 12.6 Å². The van der Waals surface area contributed by atoms with Crippen LogP contribution in [0, 0.1) is 6.92 Å². The van der Waals surface area contributed by atoms with Crippen LogP contribution in [0.3, 0.4) is 0 Å². The monoisotopic (exact) mass is 339 g/mol. The molecule has 0 atom stereocenters. The van der Waals surface area contributed by atoms with Gasteiger partial charge in [-0.2, -0.15) is 5.10 Å². The lowest BCUT2D eigenvalue weighted by molar-refractivity contribution is 0.0520. The molecule has 0 fully saturated rings. The van der Waals surface area contributed by atoms with Crippen LogP contribution >= 0.6 is 0 Å². The Morgan fingerprint density at radius 3 is 2.76 bits per heavy atom. The molecule has 0 aliphatic carbocycles. The summed E-state index contributed by atoms with van der Waals surface area (Å²) in [7, 11) is 0.